The summed E-state index contributed by atoms with van der Waals surface area (Å²) >= 11 is 15.5. The summed E-state index contributed by atoms with van der Waals surface area (Å²) in [5.74, 6) is 0.616. The lowest BCUT2D eigenvalue weighted by molar-refractivity contribution is 0.302. The van der Waals surface area contributed by atoms with E-state index in [2.05, 4.69) is 21.2 Å². The van der Waals surface area contributed by atoms with Crippen molar-refractivity contribution in [3.63, 3.8) is 0 Å². The quantitative estimate of drug-likeness (QED) is 0.356. The van der Waals surface area contributed by atoms with Crippen molar-refractivity contribution in [3.05, 3.63) is 97.7 Å². The average molecular weight is 483 g/mol. The van der Waals surface area contributed by atoms with Gasteiger partial charge in [0, 0.05) is 16.6 Å². The lowest BCUT2D eigenvalue weighted by Gasteiger charge is -2.13. The van der Waals surface area contributed by atoms with Crippen molar-refractivity contribution in [1.82, 2.24) is 5.32 Å². The lowest BCUT2D eigenvalue weighted by atomic mass is 10.1. The molecule has 0 amide bonds. The van der Waals surface area contributed by atoms with Crippen molar-refractivity contribution < 1.29 is 9.13 Å². The van der Waals surface area contributed by atoms with Gasteiger partial charge in [-0.3, -0.25) is 0 Å². The Hall–Kier alpha value is -1.59. The Morgan fingerprint density at radius 1 is 0.929 bits per heavy atom. The van der Waals surface area contributed by atoms with Crippen molar-refractivity contribution in [2.75, 3.05) is 6.54 Å². The van der Waals surface area contributed by atoms with Crippen LogP contribution in [0.3, 0.4) is 0 Å². The molecule has 0 heterocycles. The summed E-state index contributed by atoms with van der Waals surface area (Å²) in [5, 5.41) is 4.38. The molecule has 0 aliphatic rings. The summed E-state index contributed by atoms with van der Waals surface area (Å²) in [6.07, 6.45) is 0.625. The van der Waals surface area contributed by atoms with Crippen LogP contribution < -0.4 is 10.1 Å². The van der Waals surface area contributed by atoms with Crippen molar-refractivity contribution >= 4 is 39.1 Å². The van der Waals surface area contributed by atoms with Crippen molar-refractivity contribution in [2.24, 2.45) is 0 Å². The van der Waals surface area contributed by atoms with Crippen LogP contribution in [0.4, 0.5) is 4.39 Å². The van der Waals surface area contributed by atoms with Crippen molar-refractivity contribution in [3.8, 4) is 5.75 Å². The molecule has 0 aliphatic heterocycles. The molecule has 0 bridgehead atoms. The predicted octanol–water partition coefficient (Wildman–Crippen LogP) is 6.81. The number of benzene rings is 3. The number of halogens is 4. The third kappa shape index (κ3) is 5.95. The van der Waals surface area contributed by atoms with Gasteiger partial charge >= 0.3 is 0 Å². The van der Waals surface area contributed by atoms with E-state index in [1.54, 1.807) is 18.2 Å². The highest BCUT2D eigenvalue weighted by atomic mass is 79.9. The molecule has 3 rings (SSSR count). The first-order chi connectivity index (χ1) is 13.5. The molecule has 0 unspecified atom stereocenters. The number of ether oxygens (including phenoxy) is 1. The fourth-order valence-electron chi connectivity index (χ4n) is 2.76. The van der Waals surface area contributed by atoms with Crippen LogP contribution in [0, 0.1) is 5.82 Å². The fourth-order valence-corrected chi connectivity index (χ4v) is 3.49. The zero-order chi connectivity index (χ0) is 19.9. The lowest BCUT2D eigenvalue weighted by Crippen LogP contribution is -2.17. The molecule has 0 aromatic heterocycles. The second-order valence-corrected chi connectivity index (χ2v) is 8.04. The largest absolute Gasteiger partial charge is 0.489 e. The van der Waals surface area contributed by atoms with Gasteiger partial charge in [-0.1, -0.05) is 63.4 Å². The topological polar surface area (TPSA) is 21.3 Å². The third-order valence-electron chi connectivity index (χ3n) is 4.25. The molecule has 0 aliphatic carbocycles. The molecule has 1 N–H and O–H groups in total. The molecule has 146 valence electrons. The first-order valence-corrected chi connectivity index (χ1v) is 10.4. The summed E-state index contributed by atoms with van der Waals surface area (Å²) in [7, 11) is 0. The van der Waals surface area contributed by atoms with E-state index in [0.717, 1.165) is 21.3 Å². The van der Waals surface area contributed by atoms with Crippen LogP contribution in [0.1, 0.15) is 16.7 Å². The molecule has 3 aromatic rings. The molecule has 0 spiro atoms. The van der Waals surface area contributed by atoms with E-state index in [9.17, 15) is 4.39 Å². The number of hydrogen-bond donors (Lipinski definition) is 1. The van der Waals surface area contributed by atoms with E-state index < -0.39 is 0 Å². The van der Waals surface area contributed by atoms with Gasteiger partial charge in [-0.2, -0.15) is 0 Å². The second kappa shape index (κ2) is 10.3. The summed E-state index contributed by atoms with van der Waals surface area (Å²) in [6, 6.07) is 18.2. The predicted molar refractivity (Wildman–Crippen MR) is 117 cm³/mol. The van der Waals surface area contributed by atoms with E-state index in [0.29, 0.717) is 41.7 Å². The van der Waals surface area contributed by atoms with Gasteiger partial charge in [0.25, 0.3) is 0 Å². The van der Waals surface area contributed by atoms with Crippen LogP contribution in [-0.2, 0) is 19.6 Å². The zero-order valence-corrected chi connectivity index (χ0v) is 18.1. The Labute approximate surface area is 182 Å². The average Bonchev–Trinajstić information content (AvgIpc) is 2.68. The van der Waals surface area contributed by atoms with Gasteiger partial charge in [-0.15, -0.1) is 0 Å². The molecule has 3 aromatic carbocycles. The van der Waals surface area contributed by atoms with Gasteiger partial charge in [-0.25, -0.2) is 4.39 Å². The summed E-state index contributed by atoms with van der Waals surface area (Å²) in [4.78, 5) is 0. The second-order valence-electron chi connectivity index (χ2n) is 6.31. The van der Waals surface area contributed by atoms with Crippen LogP contribution in [0.2, 0.25) is 10.0 Å². The first kappa shape index (κ1) is 21.1. The molecule has 6 heteroatoms. The van der Waals surface area contributed by atoms with Gasteiger partial charge < -0.3 is 10.1 Å². The number of rotatable bonds is 8. The Bertz CT molecular complexity index is 952. The number of nitrogens with one attached hydrogen (secondary N) is 1. The SMILES string of the molecule is Fc1ccccc1CCNCc1cc(Br)ccc1OCc1ccc(Cl)c(Cl)c1. The molecular formula is C22H19BrCl2FNO. The minimum Gasteiger partial charge on any atom is -0.489 e. The first-order valence-electron chi connectivity index (χ1n) is 8.82. The molecule has 0 saturated carbocycles. The summed E-state index contributed by atoms with van der Waals surface area (Å²) in [6.45, 7) is 1.67. The van der Waals surface area contributed by atoms with Crippen LogP contribution in [0.5, 0.6) is 5.75 Å². The smallest absolute Gasteiger partial charge is 0.126 e. The van der Waals surface area contributed by atoms with Gasteiger partial charge in [0.1, 0.15) is 18.2 Å². The highest BCUT2D eigenvalue weighted by Crippen LogP contribution is 2.26. The standard InChI is InChI=1S/C22H19BrCl2FNO/c23-18-6-8-22(28-14-15-5-7-19(24)20(25)11-15)17(12-18)13-27-10-9-16-3-1-2-4-21(16)26/h1-8,11-12,27H,9-10,13-14H2. The minimum atomic E-state index is -0.169. The minimum absolute atomic E-state index is 0.169. The fraction of sp³-hybridized carbons (Fsp3) is 0.182. The van der Waals surface area contributed by atoms with Crippen LogP contribution in [0.15, 0.2) is 65.1 Å². The summed E-state index contributed by atoms with van der Waals surface area (Å²) < 4.78 is 20.7. The van der Waals surface area contributed by atoms with Crippen molar-refractivity contribution in [1.29, 1.82) is 0 Å². The van der Waals surface area contributed by atoms with Gasteiger partial charge in [0.15, 0.2) is 0 Å². The highest BCUT2D eigenvalue weighted by Gasteiger charge is 2.07. The highest BCUT2D eigenvalue weighted by molar-refractivity contribution is 9.10. The molecule has 2 nitrogen and oxygen atoms in total. The summed E-state index contributed by atoms with van der Waals surface area (Å²) in [5.41, 5.74) is 2.67. The van der Waals surface area contributed by atoms with Gasteiger partial charge in [-0.05, 0) is 60.5 Å². The van der Waals surface area contributed by atoms with Crippen LogP contribution in [-0.4, -0.2) is 6.54 Å². The molecule has 0 atom stereocenters. The molecule has 0 radical (unpaired) electrons. The van der Waals surface area contributed by atoms with E-state index in [4.69, 9.17) is 27.9 Å². The Balaban J connectivity index is 1.58. The van der Waals surface area contributed by atoms with E-state index in [1.807, 2.05) is 36.4 Å². The van der Waals surface area contributed by atoms with E-state index in [1.165, 1.54) is 6.07 Å². The molecule has 0 fully saturated rings. The van der Waals surface area contributed by atoms with Crippen LogP contribution in [0.25, 0.3) is 0 Å². The monoisotopic (exact) mass is 481 g/mol. The molecule has 0 saturated heterocycles. The third-order valence-corrected chi connectivity index (χ3v) is 5.48. The maximum absolute atomic E-state index is 13.7. The Kier molecular flexibility index (Phi) is 7.74. The van der Waals surface area contributed by atoms with Gasteiger partial charge in [0.05, 0.1) is 10.0 Å². The maximum atomic E-state index is 13.7. The Morgan fingerprint density at radius 3 is 2.54 bits per heavy atom. The normalized spacial score (nSPS) is 10.9. The van der Waals surface area contributed by atoms with Crippen molar-refractivity contribution in [2.45, 2.75) is 19.6 Å². The Morgan fingerprint density at radius 2 is 1.75 bits per heavy atom. The zero-order valence-electron chi connectivity index (χ0n) is 15.0. The maximum Gasteiger partial charge on any atom is 0.126 e. The van der Waals surface area contributed by atoms with E-state index >= 15 is 0 Å². The number of hydrogen-bond acceptors (Lipinski definition) is 2. The van der Waals surface area contributed by atoms with Crippen LogP contribution >= 0.6 is 39.1 Å². The molecular weight excluding hydrogens is 464 g/mol. The molecule has 28 heavy (non-hydrogen) atoms. The van der Waals surface area contributed by atoms with E-state index in [-0.39, 0.29) is 5.82 Å². The van der Waals surface area contributed by atoms with Gasteiger partial charge in [0.2, 0.25) is 0 Å².